The molecule has 5 heterocycles. The van der Waals surface area contributed by atoms with Gasteiger partial charge in [-0.3, -0.25) is 20.1 Å². The molecule has 6 rings (SSSR count). The summed E-state index contributed by atoms with van der Waals surface area (Å²) < 4.78 is 16.0. The molecular weight excluding hydrogens is 443 g/mol. The number of fused-ring (bicyclic) bond motifs is 2. The summed E-state index contributed by atoms with van der Waals surface area (Å²) in [4.78, 5) is 23.0. The van der Waals surface area contributed by atoms with E-state index >= 15 is 4.39 Å². The molecule has 0 fully saturated rings. The first-order valence-corrected chi connectivity index (χ1v) is 11.1. The first-order valence-electron chi connectivity index (χ1n) is 11.1. The van der Waals surface area contributed by atoms with Crippen LogP contribution in [0, 0.1) is 5.82 Å². The van der Waals surface area contributed by atoms with E-state index in [-0.39, 0.29) is 5.82 Å². The predicted octanol–water partition coefficient (Wildman–Crippen LogP) is 4.83. The van der Waals surface area contributed by atoms with Gasteiger partial charge in [-0.2, -0.15) is 5.10 Å². The molecule has 0 saturated heterocycles. The van der Waals surface area contributed by atoms with Gasteiger partial charge in [0.15, 0.2) is 5.82 Å². The van der Waals surface area contributed by atoms with E-state index < -0.39 is 0 Å². The van der Waals surface area contributed by atoms with Gasteiger partial charge >= 0.3 is 0 Å². The van der Waals surface area contributed by atoms with Crippen molar-refractivity contribution in [2.24, 2.45) is 0 Å². The summed E-state index contributed by atoms with van der Waals surface area (Å²) in [5, 5.41) is 7.72. The minimum Gasteiger partial charge on any atom is -0.336 e. The maximum absolute atomic E-state index is 16.0. The number of aromatic nitrogens is 7. The number of hydrogen-bond donors (Lipinski definition) is 2. The lowest BCUT2D eigenvalue weighted by Crippen LogP contribution is -2.10. The van der Waals surface area contributed by atoms with Gasteiger partial charge in [-0.15, -0.1) is 0 Å². The zero-order valence-corrected chi connectivity index (χ0v) is 19.1. The summed E-state index contributed by atoms with van der Waals surface area (Å²) in [6.07, 6.45) is 8.62. The molecule has 0 aliphatic rings. The van der Waals surface area contributed by atoms with Crippen LogP contribution in [0.3, 0.4) is 0 Å². The Kier molecular flexibility index (Phi) is 5.04. The van der Waals surface area contributed by atoms with Gasteiger partial charge in [0.2, 0.25) is 0 Å². The average Bonchev–Trinajstić information content (AvgIpc) is 3.49. The topological polar surface area (TPSA) is 99.3 Å². The van der Waals surface area contributed by atoms with Gasteiger partial charge in [0.05, 0.1) is 22.1 Å². The fraction of sp³-hybridized carbons (Fsp3) is 0.115. The van der Waals surface area contributed by atoms with Crippen molar-refractivity contribution in [1.82, 2.24) is 40.0 Å². The van der Waals surface area contributed by atoms with Crippen molar-refractivity contribution in [2.75, 3.05) is 14.1 Å². The van der Waals surface area contributed by atoms with Crippen LogP contribution in [0.2, 0.25) is 0 Å². The standard InChI is InChI=1S/C26H21FN8/c1-35(2)14-15-11-17(13-29-12-15)18-3-4-19-21(22(18)27)25(34-33-19)26-31-20-7-10-30-23(24(20)32-26)16-5-8-28-9-6-16/h3-13H,14H2,1-2H3,(H,31,32)(H,33,34). The minimum atomic E-state index is -0.372. The Bertz CT molecular complexity index is 1670. The number of imidazole rings is 1. The van der Waals surface area contributed by atoms with Crippen LogP contribution in [0.1, 0.15) is 5.56 Å². The summed E-state index contributed by atoms with van der Waals surface area (Å²) in [5.41, 5.74) is 6.27. The average molecular weight is 465 g/mol. The number of rotatable bonds is 5. The molecule has 0 unspecified atom stereocenters. The molecule has 9 heteroatoms. The summed E-state index contributed by atoms with van der Waals surface area (Å²) in [7, 11) is 3.97. The van der Waals surface area contributed by atoms with Crippen LogP contribution in [0.15, 0.2) is 67.4 Å². The van der Waals surface area contributed by atoms with Crippen LogP contribution in [0.25, 0.3) is 55.8 Å². The number of halogens is 1. The highest BCUT2D eigenvalue weighted by atomic mass is 19.1. The Balaban J connectivity index is 1.49. The summed E-state index contributed by atoms with van der Waals surface area (Å²) in [6.45, 7) is 0.717. The molecular formula is C26H21FN8. The first kappa shape index (κ1) is 21.1. The number of benzene rings is 1. The van der Waals surface area contributed by atoms with Crippen molar-refractivity contribution in [3.05, 3.63) is 78.8 Å². The fourth-order valence-electron chi connectivity index (χ4n) is 4.32. The molecule has 5 aromatic heterocycles. The molecule has 0 bridgehead atoms. The maximum atomic E-state index is 16.0. The van der Waals surface area contributed by atoms with E-state index in [1.807, 2.05) is 49.3 Å². The van der Waals surface area contributed by atoms with E-state index in [1.165, 1.54) is 0 Å². The van der Waals surface area contributed by atoms with Crippen LogP contribution in [0.5, 0.6) is 0 Å². The van der Waals surface area contributed by atoms with Gasteiger partial charge in [-0.05, 0) is 56.1 Å². The number of pyridine rings is 3. The summed E-state index contributed by atoms with van der Waals surface area (Å²) in [5.74, 6) is 0.0908. The Labute approximate surface area is 199 Å². The molecule has 1 aromatic carbocycles. The number of H-pyrrole nitrogens is 2. The molecule has 35 heavy (non-hydrogen) atoms. The molecule has 6 aromatic rings. The van der Waals surface area contributed by atoms with Crippen LogP contribution >= 0.6 is 0 Å². The quantitative estimate of drug-likeness (QED) is 0.379. The second-order valence-corrected chi connectivity index (χ2v) is 8.62. The number of hydrogen-bond acceptors (Lipinski definition) is 6. The molecule has 0 amide bonds. The van der Waals surface area contributed by atoms with Crippen LogP contribution < -0.4 is 0 Å². The molecule has 0 saturated carbocycles. The van der Waals surface area contributed by atoms with E-state index in [2.05, 4.69) is 30.1 Å². The molecule has 0 aliphatic carbocycles. The van der Waals surface area contributed by atoms with Gasteiger partial charge in [0.25, 0.3) is 0 Å². The Hall–Kier alpha value is -4.50. The molecule has 0 spiro atoms. The summed E-state index contributed by atoms with van der Waals surface area (Å²) in [6, 6.07) is 11.1. The molecule has 2 N–H and O–H groups in total. The van der Waals surface area contributed by atoms with Gasteiger partial charge in [0, 0.05) is 54.2 Å². The lowest BCUT2D eigenvalue weighted by atomic mass is 10.0. The number of nitrogens with zero attached hydrogens (tertiary/aromatic N) is 6. The Morgan fingerprint density at radius 3 is 2.57 bits per heavy atom. The van der Waals surface area contributed by atoms with Crippen LogP contribution in [0.4, 0.5) is 4.39 Å². The van der Waals surface area contributed by atoms with E-state index in [1.54, 1.807) is 37.1 Å². The van der Waals surface area contributed by atoms with Gasteiger partial charge in [0.1, 0.15) is 17.0 Å². The van der Waals surface area contributed by atoms with Crippen LogP contribution in [-0.2, 0) is 6.54 Å². The highest BCUT2D eigenvalue weighted by Gasteiger charge is 2.20. The zero-order valence-electron chi connectivity index (χ0n) is 19.1. The molecule has 0 atom stereocenters. The Morgan fingerprint density at radius 1 is 0.886 bits per heavy atom. The van der Waals surface area contributed by atoms with E-state index in [0.717, 1.165) is 22.3 Å². The third-order valence-corrected chi connectivity index (χ3v) is 5.85. The Morgan fingerprint density at radius 2 is 1.74 bits per heavy atom. The van der Waals surface area contributed by atoms with Gasteiger partial charge < -0.3 is 9.88 Å². The molecule has 0 aliphatic heterocycles. The van der Waals surface area contributed by atoms with Gasteiger partial charge in [-0.25, -0.2) is 9.37 Å². The highest BCUT2D eigenvalue weighted by molar-refractivity contribution is 5.98. The zero-order chi connectivity index (χ0) is 23.9. The van der Waals surface area contributed by atoms with Crippen molar-refractivity contribution >= 4 is 21.9 Å². The van der Waals surface area contributed by atoms with Gasteiger partial charge in [-0.1, -0.05) is 0 Å². The summed E-state index contributed by atoms with van der Waals surface area (Å²) >= 11 is 0. The largest absolute Gasteiger partial charge is 0.336 e. The normalized spacial score (nSPS) is 11.7. The van der Waals surface area contributed by atoms with Crippen LogP contribution in [-0.4, -0.2) is 54.1 Å². The predicted molar refractivity (Wildman–Crippen MR) is 133 cm³/mol. The van der Waals surface area contributed by atoms with Crippen molar-refractivity contribution in [2.45, 2.75) is 6.54 Å². The lowest BCUT2D eigenvalue weighted by Gasteiger charge is -2.11. The fourth-order valence-corrected chi connectivity index (χ4v) is 4.32. The maximum Gasteiger partial charge on any atom is 0.159 e. The third kappa shape index (κ3) is 3.71. The van der Waals surface area contributed by atoms with Crippen molar-refractivity contribution in [3.63, 3.8) is 0 Å². The SMILES string of the molecule is CN(C)Cc1cncc(-c2ccc3[nH]nc(-c4nc5c(-c6ccncc6)nccc5[nH]4)c3c2F)c1. The highest BCUT2D eigenvalue weighted by Crippen LogP contribution is 2.35. The first-order chi connectivity index (χ1) is 17.1. The minimum absolute atomic E-state index is 0.372. The second kappa shape index (κ2) is 8.37. The third-order valence-electron chi connectivity index (χ3n) is 5.85. The van der Waals surface area contributed by atoms with Crippen molar-refractivity contribution in [3.8, 4) is 33.9 Å². The molecule has 8 nitrogen and oxygen atoms in total. The van der Waals surface area contributed by atoms with E-state index in [9.17, 15) is 0 Å². The van der Waals surface area contributed by atoms with Crippen molar-refractivity contribution < 1.29 is 4.39 Å². The monoisotopic (exact) mass is 464 g/mol. The van der Waals surface area contributed by atoms with Crippen molar-refractivity contribution in [1.29, 1.82) is 0 Å². The molecule has 0 radical (unpaired) electrons. The second-order valence-electron chi connectivity index (χ2n) is 8.62. The molecule has 172 valence electrons. The van der Waals surface area contributed by atoms with E-state index in [4.69, 9.17) is 4.98 Å². The van der Waals surface area contributed by atoms with E-state index in [0.29, 0.717) is 45.6 Å². The number of aromatic amines is 2. The smallest absolute Gasteiger partial charge is 0.159 e. The number of nitrogens with one attached hydrogen (secondary N) is 2. The lowest BCUT2D eigenvalue weighted by molar-refractivity contribution is 0.402.